The van der Waals surface area contributed by atoms with Gasteiger partial charge >= 0.3 is 0 Å². The third-order valence-corrected chi connectivity index (χ3v) is 3.05. The number of unbranched alkanes of at least 4 members (excludes halogenated alkanes) is 1. The predicted octanol–water partition coefficient (Wildman–Crippen LogP) is 2.42. The molecule has 0 aromatic heterocycles. The van der Waals surface area contributed by atoms with Crippen LogP contribution in [0.1, 0.15) is 39.5 Å². The summed E-state index contributed by atoms with van der Waals surface area (Å²) in [7, 11) is 0. The fourth-order valence-corrected chi connectivity index (χ4v) is 1.87. The highest BCUT2D eigenvalue weighted by molar-refractivity contribution is 4.87. The maximum atomic E-state index is 5.18. The van der Waals surface area contributed by atoms with Crippen LogP contribution in [-0.2, 0) is 0 Å². The molecule has 74 valence electrons. The Bertz CT molecular complexity index is 172. The first-order valence-corrected chi connectivity index (χ1v) is 5.41. The molecular weight excluding hydrogens is 158 g/mol. The van der Waals surface area contributed by atoms with Crippen LogP contribution in [0.25, 0.3) is 0 Å². The number of terminal acetylenes is 1. The predicted molar refractivity (Wildman–Crippen MR) is 57.4 cm³/mol. The zero-order valence-electron chi connectivity index (χ0n) is 8.84. The van der Waals surface area contributed by atoms with E-state index in [4.69, 9.17) is 6.42 Å². The molecule has 0 atom stereocenters. The molecule has 0 aromatic carbocycles. The summed E-state index contributed by atoms with van der Waals surface area (Å²) in [6, 6.07) is 0.783. The molecule has 1 aliphatic carbocycles. The van der Waals surface area contributed by atoms with E-state index in [2.05, 4.69) is 25.1 Å². The Kier molecular flexibility index (Phi) is 4.32. The van der Waals surface area contributed by atoms with Gasteiger partial charge in [-0.15, -0.1) is 12.3 Å². The molecule has 0 aromatic rings. The summed E-state index contributed by atoms with van der Waals surface area (Å²) in [4.78, 5) is 0. The number of hydrogen-bond donors (Lipinski definition) is 1. The van der Waals surface area contributed by atoms with Gasteiger partial charge < -0.3 is 5.32 Å². The van der Waals surface area contributed by atoms with Gasteiger partial charge in [-0.05, 0) is 37.6 Å². The molecule has 1 saturated carbocycles. The van der Waals surface area contributed by atoms with E-state index in [1.54, 1.807) is 0 Å². The summed E-state index contributed by atoms with van der Waals surface area (Å²) in [6.07, 6.45) is 9.95. The first kappa shape index (κ1) is 10.6. The van der Waals surface area contributed by atoms with E-state index in [0.717, 1.165) is 37.3 Å². The van der Waals surface area contributed by atoms with E-state index in [0.29, 0.717) is 0 Å². The Morgan fingerprint density at radius 3 is 2.69 bits per heavy atom. The van der Waals surface area contributed by atoms with Crippen LogP contribution in [0.3, 0.4) is 0 Å². The minimum atomic E-state index is 0.783. The van der Waals surface area contributed by atoms with Crippen molar-refractivity contribution in [2.45, 2.75) is 45.6 Å². The molecule has 13 heavy (non-hydrogen) atoms. The van der Waals surface area contributed by atoms with Crippen LogP contribution in [0.15, 0.2) is 0 Å². The van der Waals surface area contributed by atoms with Crippen LogP contribution in [0.5, 0.6) is 0 Å². The Morgan fingerprint density at radius 1 is 1.46 bits per heavy atom. The summed E-state index contributed by atoms with van der Waals surface area (Å²) in [6.45, 7) is 5.73. The van der Waals surface area contributed by atoms with Gasteiger partial charge in [0.25, 0.3) is 0 Å². The summed E-state index contributed by atoms with van der Waals surface area (Å²) in [5.74, 6) is 4.49. The largest absolute Gasteiger partial charge is 0.314 e. The van der Waals surface area contributed by atoms with Crippen molar-refractivity contribution in [3.63, 3.8) is 0 Å². The summed E-state index contributed by atoms with van der Waals surface area (Å²) in [5, 5.41) is 3.54. The SMILES string of the molecule is C#CCCCNC1CC(C(C)C)C1. The van der Waals surface area contributed by atoms with E-state index in [-0.39, 0.29) is 0 Å². The maximum absolute atomic E-state index is 5.18. The minimum absolute atomic E-state index is 0.783. The van der Waals surface area contributed by atoms with E-state index < -0.39 is 0 Å². The lowest BCUT2D eigenvalue weighted by Crippen LogP contribution is -2.43. The zero-order chi connectivity index (χ0) is 9.68. The van der Waals surface area contributed by atoms with Crippen LogP contribution in [-0.4, -0.2) is 12.6 Å². The molecule has 1 fully saturated rings. The topological polar surface area (TPSA) is 12.0 Å². The van der Waals surface area contributed by atoms with Gasteiger partial charge in [-0.1, -0.05) is 13.8 Å². The van der Waals surface area contributed by atoms with Crippen LogP contribution in [0.4, 0.5) is 0 Å². The van der Waals surface area contributed by atoms with Gasteiger partial charge in [0.05, 0.1) is 0 Å². The van der Waals surface area contributed by atoms with E-state index in [1.807, 2.05) is 0 Å². The lowest BCUT2D eigenvalue weighted by atomic mass is 9.74. The molecule has 1 N–H and O–H groups in total. The third kappa shape index (κ3) is 3.40. The van der Waals surface area contributed by atoms with E-state index in [9.17, 15) is 0 Å². The highest BCUT2D eigenvalue weighted by Gasteiger charge is 2.30. The van der Waals surface area contributed by atoms with Crippen molar-refractivity contribution in [2.75, 3.05) is 6.54 Å². The summed E-state index contributed by atoms with van der Waals surface area (Å²) >= 11 is 0. The summed E-state index contributed by atoms with van der Waals surface area (Å²) in [5.41, 5.74) is 0. The van der Waals surface area contributed by atoms with Crippen molar-refractivity contribution in [1.82, 2.24) is 5.32 Å². The molecular formula is C12H21N. The normalized spacial score (nSPS) is 26.9. The van der Waals surface area contributed by atoms with Crippen LogP contribution < -0.4 is 5.32 Å². The Hall–Kier alpha value is -0.480. The van der Waals surface area contributed by atoms with Gasteiger partial charge in [0.15, 0.2) is 0 Å². The molecule has 0 spiro atoms. The van der Waals surface area contributed by atoms with Crippen molar-refractivity contribution in [3.8, 4) is 12.3 Å². The number of rotatable bonds is 5. The highest BCUT2D eigenvalue weighted by atomic mass is 14.9. The molecule has 0 radical (unpaired) electrons. The molecule has 1 nitrogen and oxygen atoms in total. The van der Waals surface area contributed by atoms with Gasteiger partial charge in [0.2, 0.25) is 0 Å². The van der Waals surface area contributed by atoms with E-state index in [1.165, 1.54) is 12.8 Å². The average molecular weight is 179 g/mol. The first-order chi connectivity index (χ1) is 6.24. The van der Waals surface area contributed by atoms with Crippen molar-refractivity contribution in [2.24, 2.45) is 11.8 Å². The quantitative estimate of drug-likeness (QED) is 0.505. The van der Waals surface area contributed by atoms with Crippen molar-refractivity contribution in [1.29, 1.82) is 0 Å². The average Bonchev–Trinajstić information content (AvgIpc) is 2.00. The zero-order valence-corrected chi connectivity index (χ0v) is 8.84. The second kappa shape index (κ2) is 5.29. The monoisotopic (exact) mass is 179 g/mol. The standard InChI is InChI=1S/C12H21N/c1-4-5-6-7-13-12-8-11(9-12)10(2)3/h1,10-13H,5-9H2,2-3H3. The lowest BCUT2D eigenvalue weighted by Gasteiger charge is -2.38. The molecule has 0 unspecified atom stereocenters. The molecule has 1 rings (SSSR count). The van der Waals surface area contributed by atoms with Gasteiger partial charge in [-0.25, -0.2) is 0 Å². The molecule has 0 aliphatic heterocycles. The lowest BCUT2D eigenvalue weighted by molar-refractivity contribution is 0.169. The third-order valence-electron chi connectivity index (χ3n) is 3.05. The maximum Gasteiger partial charge on any atom is 0.00981 e. The van der Waals surface area contributed by atoms with Crippen LogP contribution in [0.2, 0.25) is 0 Å². The van der Waals surface area contributed by atoms with Crippen molar-refractivity contribution in [3.05, 3.63) is 0 Å². The van der Waals surface area contributed by atoms with Gasteiger partial charge in [0.1, 0.15) is 0 Å². The molecule has 0 saturated heterocycles. The molecule has 0 amide bonds. The van der Waals surface area contributed by atoms with Crippen molar-refractivity contribution >= 4 is 0 Å². The molecule has 0 bridgehead atoms. The number of hydrogen-bond acceptors (Lipinski definition) is 1. The first-order valence-electron chi connectivity index (χ1n) is 5.41. The fraction of sp³-hybridized carbons (Fsp3) is 0.833. The molecule has 0 heterocycles. The second-order valence-corrected chi connectivity index (χ2v) is 4.43. The Morgan fingerprint density at radius 2 is 2.15 bits per heavy atom. The van der Waals surface area contributed by atoms with Crippen molar-refractivity contribution < 1.29 is 0 Å². The Labute approximate surface area is 82.3 Å². The highest BCUT2D eigenvalue weighted by Crippen LogP contribution is 2.33. The molecule has 1 heteroatoms. The minimum Gasteiger partial charge on any atom is -0.314 e. The molecule has 1 aliphatic rings. The van der Waals surface area contributed by atoms with Crippen LogP contribution in [0, 0.1) is 24.2 Å². The smallest absolute Gasteiger partial charge is 0.00981 e. The Balaban J connectivity index is 1.93. The second-order valence-electron chi connectivity index (χ2n) is 4.43. The van der Waals surface area contributed by atoms with E-state index >= 15 is 0 Å². The summed E-state index contributed by atoms with van der Waals surface area (Å²) < 4.78 is 0. The number of nitrogens with one attached hydrogen (secondary N) is 1. The van der Waals surface area contributed by atoms with Gasteiger partial charge in [0, 0.05) is 12.5 Å². The van der Waals surface area contributed by atoms with Crippen LogP contribution >= 0.6 is 0 Å². The van der Waals surface area contributed by atoms with Gasteiger partial charge in [-0.3, -0.25) is 0 Å². The fourth-order valence-electron chi connectivity index (χ4n) is 1.87. The van der Waals surface area contributed by atoms with Gasteiger partial charge in [-0.2, -0.15) is 0 Å².